The molecule has 0 saturated heterocycles. The monoisotopic (exact) mass is 373 g/mol. The number of hydrogen-bond acceptors (Lipinski definition) is 4. The van der Waals surface area contributed by atoms with Crippen molar-refractivity contribution < 1.29 is 0 Å². The van der Waals surface area contributed by atoms with Crippen molar-refractivity contribution in [1.82, 2.24) is 20.4 Å². The predicted octanol–water partition coefficient (Wildman–Crippen LogP) is 2.20. The van der Waals surface area contributed by atoms with E-state index in [1.807, 2.05) is 26.1 Å². The van der Waals surface area contributed by atoms with Crippen molar-refractivity contribution in [1.29, 1.82) is 0 Å². The van der Waals surface area contributed by atoms with Gasteiger partial charge in [0.25, 0.3) is 0 Å². The maximum absolute atomic E-state index is 5.69. The molecule has 1 unspecified atom stereocenters. The summed E-state index contributed by atoms with van der Waals surface area (Å²) in [6, 6.07) is 5.94. The Kier molecular flexibility index (Phi) is 4.16. The highest BCUT2D eigenvalue weighted by Gasteiger charge is 2.22. The van der Waals surface area contributed by atoms with Gasteiger partial charge in [0, 0.05) is 11.5 Å². The number of hydrogen-bond donors (Lipinski definition) is 2. The lowest BCUT2D eigenvalue weighted by Gasteiger charge is -2.18. The van der Waals surface area contributed by atoms with Crippen LogP contribution in [0.1, 0.15) is 22.9 Å². The number of halogens is 2. The number of aryl methyl sites for hydroxylation is 2. The summed E-state index contributed by atoms with van der Waals surface area (Å²) >= 11 is 6.94. The third kappa shape index (κ3) is 2.49. The number of nitrogens with one attached hydrogen (secondary N) is 1. The third-order valence-corrected chi connectivity index (χ3v) is 4.02. The third-order valence-electron chi connectivity index (χ3n) is 2.73. The molecule has 96 valence electrons. The Balaban J connectivity index is 2.55. The first-order valence-electron chi connectivity index (χ1n) is 5.32. The van der Waals surface area contributed by atoms with Gasteiger partial charge in [-0.3, -0.25) is 5.84 Å². The van der Waals surface area contributed by atoms with E-state index in [9.17, 15) is 0 Å². The molecule has 0 amide bonds. The normalized spacial score (nSPS) is 12.7. The fraction of sp³-hybridized carbons (Fsp3) is 0.273. The molecular formula is C11H13Br2N5. The summed E-state index contributed by atoms with van der Waals surface area (Å²) in [5.41, 5.74) is 5.90. The van der Waals surface area contributed by atoms with Crippen molar-refractivity contribution in [3.63, 3.8) is 0 Å². The molecule has 0 fully saturated rings. The Morgan fingerprint density at radius 3 is 2.67 bits per heavy atom. The van der Waals surface area contributed by atoms with Crippen molar-refractivity contribution in [2.45, 2.75) is 13.0 Å². The average molecular weight is 375 g/mol. The summed E-state index contributed by atoms with van der Waals surface area (Å²) in [6.45, 7) is 2.04. The lowest BCUT2D eigenvalue weighted by molar-refractivity contribution is 0.567. The molecule has 1 atom stereocenters. The molecule has 0 spiro atoms. The van der Waals surface area contributed by atoms with Crippen molar-refractivity contribution in [3.8, 4) is 0 Å². The van der Waals surface area contributed by atoms with Gasteiger partial charge in [-0.1, -0.05) is 38.8 Å². The molecule has 5 nitrogen and oxygen atoms in total. The molecule has 1 heterocycles. The van der Waals surface area contributed by atoms with E-state index in [0.717, 1.165) is 15.7 Å². The molecule has 1 aromatic heterocycles. The molecule has 0 aliphatic heterocycles. The highest BCUT2D eigenvalue weighted by atomic mass is 79.9. The quantitative estimate of drug-likeness (QED) is 0.638. The summed E-state index contributed by atoms with van der Waals surface area (Å²) in [5, 5.41) is 7.95. The largest absolute Gasteiger partial charge is 0.271 e. The van der Waals surface area contributed by atoms with Gasteiger partial charge < -0.3 is 0 Å². The van der Waals surface area contributed by atoms with Gasteiger partial charge in [0.1, 0.15) is 0 Å². The van der Waals surface area contributed by atoms with Crippen LogP contribution in [0, 0.1) is 6.92 Å². The zero-order chi connectivity index (χ0) is 13.3. The van der Waals surface area contributed by atoms with Crippen molar-refractivity contribution >= 4 is 31.9 Å². The van der Waals surface area contributed by atoms with Gasteiger partial charge >= 0.3 is 0 Å². The Morgan fingerprint density at radius 2 is 2.11 bits per heavy atom. The summed E-state index contributed by atoms with van der Waals surface area (Å²) in [4.78, 5) is 0. The first kappa shape index (κ1) is 13.7. The van der Waals surface area contributed by atoms with Gasteiger partial charge in [0.15, 0.2) is 4.60 Å². The molecule has 2 rings (SSSR count). The second-order valence-electron chi connectivity index (χ2n) is 4.01. The van der Waals surface area contributed by atoms with Crippen LogP contribution in [0.4, 0.5) is 0 Å². The highest BCUT2D eigenvalue weighted by molar-refractivity contribution is 9.10. The second kappa shape index (κ2) is 5.48. The fourth-order valence-electron chi connectivity index (χ4n) is 1.85. The highest BCUT2D eigenvalue weighted by Crippen LogP contribution is 2.31. The van der Waals surface area contributed by atoms with Gasteiger partial charge in [-0.2, -0.15) is 0 Å². The Labute approximate surface area is 122 Å². The van der Waals surface area contributed by atoms with Crippen molar-refractivity contribution in [2.24, 2.45) is 12.9 Å². The topological polar surface area (TPSA) is 68.8 Å². The molecule has 7 heteroatoms. The van der Waals surface area contributed by atoms with E-state index in [1.165, 1.54) is 5.56 Å². The maximum atomic E-state index is 5.69. The molecule has 0 aliphatic rings. The molecule has 18 heavy (non-hydrogen) atoms. The molecule has 0 bridgehead atoms. The van der Waals surface area contributed by atoms with Crippen LogP contribution in [0.15, 0.2) is 27.3 Å². The predicted molar refractivity (Wildman–Crippen MR) is 76.7 cm³/mol. The molecule has 0 saturated carbocycles. The van der Waals surface area contributed by atoms with Crippen molar-refractivity contribution in [2.75, 3.05) is 0 Å². The first-order valence-corrected chi connectivity index (χ1v) is 6.90. The van der Waals surface area contributed by atoms with Gasteiger partial charge in [0.2, 0.25) is 0 Å². The molecule has 1 aromatic carbocycles. The second-order valence-corrected chi connectivity index (χ2v) is 5.62. The fourth-order valence-corrected chi connectivity index (χ4v) is 2.88. The van der Waals surface area contributed by atoms with E-state index in [1.54, 1.807) is 4.68 Å². The lowest BCUT2D eigenvalue weighted by atomic mass is 10.0. The Morgan fingerprint density at radius 1 is 1.39 bits per heavy atom. The zero-order valence-corrected chi connectivity index (χ0v) is 13.2. The number of aromatic nitrogens is 3. The smallest absolute Gasteiger partial charge is 0.153 e. The SMILES string of the molecule is Cc1ccc(Br)c(C(NN)c2c(Br)nnn2C)c1. The zero-order valence-electron chi connectivity index (χ0n) is 9.98. The molecule has 2 aromatic rings. The lowest BCUT2D eigenvalue weighted by Crippen LogP contribution is -2.31. The number of nitrogens with two attached hydrogens (primary N) is 1. The molecular weight excluding hydrogens is 362 g/mol. The van der Waals surface area contributed by atoms with Crippen LogP contribution in [0.25, 0.3) is 0 Å². The number of rotatable bonds is 3. The average Bonchev–Trinajstić information content (AvgIpc) is 2.66. The summed E-state index contributed by atoms with van der Waals surface area (Å²) in [7, 11) is 1.83. The van der Waals surface area contributed by atoms with Crippen LogP contribution in [0.3, 0.4) is 0 Å². The summed E-state index contributed by atoms with van der Waals surface area (Å²) < 4.78 is 3.37. The van der Waals surface area contributed by atoms with E-state index in [0.29, 0.717) is 4.60 Å². The maximum Gasteiger partial charge on any atom is 0.153 e. The van der Waals surface area contributed by atoms with Gasteiger partial charge in [-0.25, -0.2) is 10.1 Å². The number of hydrazine groups is 1. The van der Waals surface area contributed by atoms with Crippen LogP contribution in [-0.2, 0) is 7.05 Å². The molecule has 0 radical (unpaired) electrons. The van der Waals surface area contributed by atoms with E-state index in [-0.39, 0.29) is 6.04 Å². The van der Waals surface area contributed by atoms with E-state index < -0.39 is 0 Å². The van der Waals surface area contributed by atoms with Gasteiger partial charge in [0.05, 0.1) is 11.7 Å². The Bertz CT molecular complexity index is 547. The van der Waals surface area contributed by atoms with Crippen LogP contribution in [0.2, 0.25) is 0 Å². The standard InChI is InChI=1S/C11H13Br2N5/c1-6-3-4-8(12)7(5-6)9(15-14)10-11(13)16-17-18(10)2/h3-5,9,15H,14H2,1-2H3. The van der Waals surface area contributed by atoms with Crippen LogP contribution < -0.4 is 11.3 Å². The minimum Gasteiger partial charge on any atom is -0.271 e. The van der Waals surface area contributed by atoms with E-state index in [4.69, 9.17) is 5.84 Å². The number of nitrogens with zero attached hydrogens (tertiary/aromatic N) is 3. The molecule has 3 N–H and O–H groups in total. The van der Waals surface area contributed by atoms with Crippen LogP contribution in [-0.4, -0.2) is 15.0 Å². The van der Waals surface area contributed by atoms with E-state index >= 15 is 0 Å². The first-order chi connectivity index (χ1) is 8.54. The summed E-state index contributed by atoms with van der Waals surface area (Å²) in [6.07, 6.45) is 0. The minimum absolute atomic E-state index is 0.186. The minimum atomic E-state index is -0.186. The molecule has 0 aliphatic carbocycles. The van der Waals surface area contributed by atoms with E-state index in [2.05, 4.69) is 53.7 Å². The van der Waals surface area contributed by atoms with Gasteiger partial charge in [-0.05, 0) is 34.5 Å². The van der Waals surface area contributed by atoms with Crippen molar-refractivity contribution in [3.05, 3.63) is 44.1 Å². The van der Waals surface area contributed by atoms with Crippen LogP contribution in [0.5, 0.6) is 0 Å². The van der Waals surface area contributed by atoms with Gasteiger partial charge in [-0.15, -0.1) is 5.10 Å². The Hall–Kier alpha value is -0.760. The number of benzene rings is 1. The van der Waals surface area contributed by atoms with Crippen LogP contribution >= 0.6 is 31.9 Å². The summed E-state index contributed by atoms with van der Waals surface area (Å²) in [5.74, 6) is 5.69.